The number of nitrogens with one attached hydrogen (secondary N) is 1. The SMILES string of the molecule is COC(=O)C1Cc2nc[nH]c2CN1C. The molecule has 5 heteroatoms. The van der Waals surface area contributed by atoms with Crippen LogP contribution in [0.4, 0.5) is 0 Å². The van der Waals surface area contributed by atoms with Crippen LogP contribution in [0.2, 0.25) is 0 Å². The third-order valence-corrected chi connectivity index (χ3v) is 2.61. The van der Waals surface area contributed by atoms with E-state index in [4.69, 9.17) is 4.74 Å². The van der Waals surface area contributed by atoms with E-state index in [-0.39, 0.29) is 12.0 Å². The molecule has 1 unspecified atom stereocenters. The van der Waals surface area contributed by atoms with E-state index in [0.29, 0.717) is 6.42 Å². The number of ether oxygens (including phenoxy) is 1. The lowest BCUT2D eigenvalue weighted by Gasteiger charge is -2.29. The van der Waals surface area contributed by atoms with Crippen LogP contribution in [-0.2, 0) is 22.5 Å². The summed E-state index contributed by atoms with van der Waals surface area (Å²) in [6.07, 6.45) is 2.29. The van der Waals surface area contributed by atoms with Crippen molar-refractivity contribution < 1.29 is 9.53 Å². The van der Waals surface area contributed by atoms with Crippen LogP contribution in [0.3, 0.4) is 0 Å². The molecule has 1 atom stereocenters. The number of fused-ring (bicyclic) bond motifs is 1. The average molecular weight is 195 g/mol. The molecule has 1 aliphatic heterocycles. The van der Waals surface area contributed by atoms with E-state index in [9.17, 15) is 4.79 Å². The van der Waals surface area contributed by atoms with Crippen molar-refractivity contribution >= 4 is 5.97 Å². The van der Waals surface area contributed by atoms with Crippen molar-refractivity contribution in [3.63, 3.8) is 0 Å². The van der Waals surface area contributed by atoms with E-state index in [1.165, 1.54) is 7.11 Å². The van der Waals surface area contributed by atoms with E-state index in [0.717, 1.165) is 17.9 Å². The summed E-state index contributed by atoms with van der Waals surface area (Å²) in [4.78, 5) is 20.6. The average Bonchev–Trinajstić information content (AvgIpc) is 2.62. The summed E-state index contributed by atoms with van der Waals surface area (Å²) in [7, 11) is 3.32. The molecule has 0 bridgehead atoms. The second kappa shape index (κ2) is 3.42. The summed E-state index contributed by atoms with van der Waals surface area (Å²) in [5.41, 5.74) is 2.06. The zero-order chi connectivity index (χ0) is 10.1. The number of aromatic nitrogens is 2. The fraction of sp³-hybridized carbons (Fsp3) is 0.556. The largest absolute Gasteiger partial charge is 0.468 e. The maximum atomic E-state index is 11.4. The minimum absolute atomic E-state index is 0.193. The Morgan fingerprint density at radius 2 is 2.57 bits per heavy atom. The van der Waals surface area contributed by atoms with Crippen molar-refractivity contribution in [2.45, 2.75) is 19.0 Å². The van der Waals surface area contributed by atoms with E-state index in [1.54, 1.807) is 6.33 Å². The van der Waals surface area contributed by atoms with Gasteiger partial charge in [0.2, 0.25) is 0 Å². The van der Waals surface area contributed by atoms with E-state index < -0.39 is 0 Å². The second-order valence-corrected chi connectivity index (χ2v) is 3.49. The molecule has 1 N–H and O–H groups in total. The van der Waals surface area contributed by atoms with Gasteiger partial charge in [0.25, 0.3) is 0 Å². The lowest BCUT2D eigenvalue weighted by molar-refractivity contribution is -0.147. The molecule has 0 amide bonds. The highest BCUT2D eigenvalue weighted by Crippen LogP contribution is 2.19. The fourth-order valence-electron chi connectivity index (χ4n) is 1.76. The van der Waals surface area contributed by atoms with Gasteiger partial charge in [0.15, 0.2) is 0 Å². The molecule has 1 aromatic heterocycles. The monoisotopic (exact) mass is 195 g/mol. The number of carbonyl (C=O) groups excluding carboxylic acids is 1. The smallest absolute Gasteiger partial charge is 0.323 e. The van der Waals surface area contributed by atoms with E-state index in [2.05, 4.69) is 9.97 Å². The first-order valence-corrected chi connectivity index (χ1v) is 4.51. The van der Waals surface area contributed by atoms with Crippen LogP contribution >= 0.6 is 0 Å². The quantitative estimate of drug-likeness (QED) is 0.638. The predicted octanol–water partition coefficient (Wildman–Crippen LogP) is -0.0608. The number of carbonyl (C=O) groups is 1. The maximum Gasteiger partial charge on any atom is 0.323 e. The van der Waals surface area contributed by atoms with Crippen LogP contribution in [0.5, 0.6) is 0 Å². The second-order valence-electron chi connectivity index (χ2n) is 3.49. The van der Waals surface area contributed by atoms with Gasteiger partial charge in [0.1, 0.15) is 6.04 Å². The van der Waals surface area contributed by atoms with Crippen molar-refractivity contribution in [1.82, 2.24) is 14.9 Å². The summed E-state index contributed by atoms with van der Waals surface area (Å²) in [6.45, 7) is 0.717. The molecular weight excluding hydrogens is 182 g/mol. The fourth-order valence-corrected chi connectivity index (χ4v) is 1.76. The molecule has 0 radical (unpaired) electrons. The highest BCUT2D eigenvalue weighted by atomic mass is 16.5. The Bertz CT molecular complexity index is 348. The summed E-state index contributed by atoms with van der Waals surface area (Å²) < 4.78 is 4.73. The van der Waals surface area contributed by atoms with Crippen molar-refractivity contribution in [2.24, 2.45) is 0 Å². The molecule has 0 saturated heterocycles. The number of hydrogen-bond donors (Lipinski definition) is 1. The molecule has 76 valence electrons. The van der Waals surface area contributed by atoms with Crippen LogP contribution in [-0.4, -0.2) is 41.0 Å². The van der Waals surface area contributed by atoms with Crippen molar-refractivity contribution in [3.05, 3.63) is 17.7 Å². The number of methoxy groups -OCH3 is 1. The zero-order valence-corrected chi connectivity index (χ0v) is 8.28. The summed E-state index contributed by atoms with van der Waals surface area (Å²) in [5.74, 6) is -0.193. The number of H-pyrrole nitrogens is 1. The highest BCUT2D eigenvalue weighted by Gasteiger charge is 2.31. The molecule has 0 aromatic carbocycles. The van der Waals surface area contributed by atoms with Gasteiger partial charge >= 0.3 is 5.97 Å². The Balaban J connectivity index is 2.21. The summed E-state index contributed by atoms with van der Waals surface area (Å²) in [6, 6.07) is -0.198. The van der Waals surface area contributed by atoms with Crippen LogP contribution in [0.1, 0.15) is 11.4 Å². The van der Waals surface area contributed by atoms with Gasteiger partial charge in [-0.05, 0) is 7.05 Å². The Morgan fingerprint density at radius 3 is 3.29 bits per heavy atom. The standard InChI is InChI=1S/C9H13N3O2/c1-12-4-7-6(10-5-11-7)3-8(12)9(13)14-2/h5,8H,3-4H2,1-2H3,(H,10,11). The Hall–Kier alpha value is -1.36. The third-order valence-electron chi connectivity index (χ3n) is 2.61. The van der Waals surface area contributed by atoms with Crippen molar-refractivity contribution in [1.29, 1.82) is 0 Å². The number of imidazole rings is 1. The first kappa shape index (κ1) is 9.21. The number of rotatable bonds is 1. The van der Waals surface area contributed by atoms with Crippen LogP contribution in [0.25, 0.3) is 0 Å². The molecule has 0 saturated carbocycles. The van der Waals surface area contributed by atoms with E-state index >= 15 is 0 Å². The van der Waals surface area contributed by atoms with Crippen molar-refractivity contribution in [2.75, 3.05) is 14.2 Å². The van der Waals surface area contributed by atoms with E-state index in [1.807, 2.05) is 11.9 Å². The lowest BCUT2D eigenvalue weighted by Crippen LogP contribution is -2.43. The number of aromatic amines is 1. The van der Waals surface area contributed by atoms with Crippen LogP contribution in [0, 0.1) is 0 Å². The molecule has 2 heterocycles. The topological polar surface area (TPSA) is 58.2 Å². The molecule has 0 aliphatic carbocycles. The van der Waals surface area contributed by atoms with Crippen LogP contribution in [0.15, 0.2) is 6.33 Å². The van der Waals surface area contributed by atoms with Gasteiger partial charge in [-0.2, -0.15) is 0 Å². The summed E-state index contributed by atoms with van der Waals surface area (Å²) >= 11 is 0. The zero-order valence-electron chi connectivity index (χ0n) is 8.28. The molecule has 1 aromatic rings. The molecule has 14 heavy (non-hydrogen) atoms. The lowest BCUT2D eigenvalue weighted by atomic mass is 10.0. The first-order valence-electron chi connectivity index (χ1n) is 4.51. The predicted molar refractivity (Wildman–Crippen MR) is 49.6 cm³/mol. The summed E-state index contributed by atoms with van der Waals surface area (Å²) in [5, 5.41) is 0. The minimum atomic E-state index is -0.198. The number of likely N-dealkylation sites (N-methyl/N-ethyl adjacent to an activating group) is 1. The number of nitrogens with zero attached hydrogens (tertiary/aromatic N) is 2. The maximum absolute atomic E-state index is 11.4. The molecule has 0 fully saturated rings. The van der Waals surface area contributed by atoms with Gasteiger partial charge < -0.3 is 9.72 Å². The first-order chi connectivity index (χ1) is 6.72. The minimum Gasteiger partial charge on any atom is -0.468 e. The van der Waals surface area contributed by atoms with Gasteiger partial charge in [-0.1, -0.05) is 0 Å². The number of esters is 1. The van der Waals surface area contributed by atoms with Crippen molar-refractivity contribution in [3.8, 4) is 0 Å². The van der Waals surface area contributed by atoms with Gasteiger partial charge in [-0.15, -0.1) is 0 Å². The van der Waals surface area contributed by atoms with Gasteiger partial charge in [0.05, 0.1) is 24.8 Å². The molecule has 5 nitrogen and oxygen atoms in total. The Morgan fingerprint density at radius 1 is 1.79 bits per heavy atom. The third kappa shape index (κ3) is 1.39. The molecule has 1 aliphatic rings. The Kier molecular flexibility index (Phi) is 2.25. The molecule has 0 spiro atoms. The number of hydrogen-bond acceptors (Lipinski definition) is 4. The van der Waals surface area contributed by atoms with Gasteiger partial charge in [-0.3, -0.25) is 9.69 Å². The van der Waals surface area contributed by atoms with Crippen LogP contribution < -0.4 is 0 Å². The molecule has 2 rings (SSSR count). The Labute approximate surface area is 82.1 Å². The highest BCUT2D eigenvalue weighted by molar-refractivity contribution is 5.76. The molecular formula is C9H13N3O2. The van der Waals surface area contributed by atoms with Gasteiger partial charge in [-0.25, -0.2) is 4.98 Å². The normalized spacial score (nSPS) is 21.7. The van der Waals surface area contributed by atoms with Gasteiger partial charge in [0, 0.05) is 13.0 Å².